The van der Waals surface area contributed by atoms with Crippen LogP contribution in [0.1, 0.15) is 24.1 Å². The average molecular weight is 320 g/mol. The van der Waals surface area contributed by atoms with E-state index in [1.54, 1.807) is 6.07 Å². The fraction of sp³-hybridized carbons (Fsp3) is 0.333. The molecule has 0 heterocycles. The van der Waals surface area contributed by atoms with Crippen molar-refractivity contribution in [3.05, 3.63) is 64.7 Å². The summed E-state index contributed by atoms with van der Waals surface area (Å²) in [6, 6.07) is 15.8. The minimum absolute atomic E-state index is 0.188. The van der Waals surface area contributed by atoms with Gasteiger partial charge >= 0.3 is 0 Å². The molecule has 0 amide bonds. The predicted molar refractivity (Wildman–Crippen MR) is 90.6 cm³/mol. The number of aryl methyl sites for hydroxylation is 1. The van der Waals surface area contributed by atoms with Gasteiger partial charge in [-0.25, -0.2) is 0 Å². The van der Waals surface area contributed by atoms with Crippen LogP contribution in [0.5, 0.6) is 5.75 Å². The van der Waals surface area contributed by atoms with Gasteiger partial charge in [-0.1, -0.05) is 41.9 Å². The van der Waals surface area contributed by atoms with Crippen LogP contribution in [0.2, 0.25) is 5.02 Å². The molecule has 0 spiro atoms. The first-order chi connectivity index (χ1) is 10.6. The number of benzene rings is 2. The summed E-state index contributed by atoms with van der Waals surface area (Å²) >= 11 is 5.91. The fourth-order valence-corrected chi connectivity index (χ4v) is 2.42. The van der Waals surface area contributed by atoms with Crippen LogP contribution in [0.3, 0.4) is 0 Å². The first-order valence-corrected chi connectivity index (χ1v) is 7.79. The van der Waals surface area contributed by atoms with E-state index in [2.05, 4.69) is 24.4 Å². The van der Waals surface area contributed by atoms with Crippen molar-refractivity contribution in [3.63, 3.8) is 0 Å². The summed E-state index contributed by atoms with van der Waals surface area (Å²) in [5.41, 5.74) is 2.16. The molecule has 0 radical (unpaired) electrons. The van der Waals surface area contributed by atoms with E-state index in [1.165, 1.54) is 5.56 Å². The third kappa shape index (κ3) is 5.02. The zero-order chi connectivity index (χ0) is 15.9. The number of halogens is 1. The predicted octanol–water partition coefficient (Wildman–Crippen LogP) is 3.74. The molecule has 2 aromatic carbocycles. The maximum Gasteiger partial charge on any atom is 0.122 e. The largest absolute Gasteiger partial charge is 0.491 e. The van der Waals surface area contributed by atoms with Crippen LogP contribution in [-0.4, -0.2) is 24.4 Å². The van der Waals surface area contributed by atoms with Crippen LogP contribution in [-0.2, 0) is 0 Å². The van der Waals surface area contributed by atoms with Crippen molar-refractivity contribution in [1.29, 1.82) is 0 Å². The summed E-state index contributed by atoms with van der Waals surface area (Å²) < 4.78 is 5.64. The van der Waals surface area contributed by atoms with E-state index < -0.39 is 6.10 Å². The summed E-state index contributed by atoms with van der Waals surface area (Å²) in [4.78, 5) is 0. The van der Waals surface area contributed by atoms with Crippen molar-refractivity contribution in [2.75, 3.05) is 13.2 Å². The van der Waals surface area contributed by atoms with E-state index in [0.717, 1.165) is 11.3 Å². The molecule has 2 N–H and O–H groups in total. The van der Waals surface area contributed by atoms with Gasteiger partial charge in [0.25, 0.3) is 0 Å². The lowest BCUT2D eigenvalue weighted by Crippen LogP contribution is -2.33. The van der Waals surface area contributed by atoms with E-state index in [9.17, 15) is 5.11 Å². The van der Waals surface area contributed by atoms with Gasteiger partial charge in [-0.3, -0.25) is 0 Å². The molecular weight excluding hydrogens is 298 g/mol. The first-order valence-electron chi connectivity index (χ1n) is 7.41. The Kier molecular flexibility index (Phi) is 6.25. The van der Waals surface area contributed by atoms with E-state index >= 15 is 0 Å². The van der Waals surface area contributed by atoms with Gasteiger partial charge in [0.2, 0.25) is 0 Å². The zero-order valence-corrected chi connectivity index (χ0v) is 13.7. The van der Waals surface area contributed by atoms with E-state index in [4.69, 9.17) is 16.3 Å². The zero-order valence-electron chi connectivity index (χ0n) is 12.9. The molecule has 0 aromatic heterocycles. The minimum Gasteiger partial charge on any atom is -0.491 e. The van der Waals surface area contributed by atoms with Gasteiger partial charge in [-0.15, -0.1) is 0 Å². The highest BCUT2D eigenvalue weighted by Crippen LogP contribution is 2.21. The van der Waals surface area contributed by atoms with Gasteiger partial charge in [0.15, 0.2) is 0 Å². The van der Waals surface area contributed by atoms with Crippen LogP contribution in [0.15, 0.2) is 48.5 Å². The summed E-state index contributed by atoms with van der Waals surface area (Å²) in [6.07, 6.45) is -0.568. The Hall–Kier alpha value is -1.55. The van der Waals surface area contributed by atoms with Crippen molar-refractivity contribution in [3.8, 4) is 5.75 Å². The molecular formula is C18H22ClNO2. The van der Waals surface area contributed by atoms with Crippen LogP contribution in [0, 0.1) is 6.92 Å². The van der Waals surface area contributed by atoms with Crippen molar-refractivity contribution in [2.24, 2.45) is 0 Å². The monoisotopic (exact) mass is 319 g/mol. The number of hydrogen-bond acceptors (Lipinski definition) is 3. The highest BCUT2D eigenvalue weighted by molar-refractivity contribution is 6.30. The standard InChI is InChI=1S/C18H22ClNO2/c1-13-10-16(19)8-9-18(13)22-12-17(21)11-20-14(2)15-6-4-3-5-7-15/h3-10,14,17,20-21H,11-12H2,1-2H3/t14-,17-/m0/s1. The summed E-state index contributed by atoms with van der Waals surface area (Å²) in [5, 5.41) is 14.0. The third-order valence-corrected chi connectivity index (χ3v) is 3.76. The molecule has 0 fully saturated rings. The number of nitrogens with one attached hydrogen (secondary N) is 1. The topological polar surface area (TPSA) is 41.5 Å². The van der Waals surface area contributed by atoms with Crippen molar-refractivity contribution in [2.45, 2.75) is 26.0 Å². The number of aliphatic hydroxyl groups excluding tert-OH is 1. The quantitative estimate of drug-likeness (QED) is 0.817. The van der Waals surface area contributed by atoms with Crippen LogP contribution < -0.4 is 10.1 Å². The number of hydrogen-bond donors (Lipinski definition) is 2. The first kappa shape index (κ1) is 16.8. The Morgan fingerprint density at radius 3 is 2.59 bits per heavy atom. The summed E-state index contributed by atoms with van der Waals surface area (Å²) in [6.45, 7) is 4.73. The average Bonchev–Trinajstić information content (AvgIpc) is 2.52. The molecule has 0 unspecified atom stereocenters. The Bertz CT molecular complexity index is 589. The number of aliphatic hydroxyl groups is 1. The van der Waals surface area contributed by atoms with Gasteiger partial charge in [0.05, 0.1) is 0 Å². The van der Waals surface area contributed by atoms with Crippen LogP contribution in [0.4, 0.5) is 0 Å². The molecule has 0 aliphatic heterocycles. The molecule has 2 aromatic rings. The van der Waals surface area contributed by atoms with Gasteiger partial charge < -0.3 is 15.2 Å². The second-order valence-electron chi connectivity index (χ2n) is 5.42. The normalized spacial score (nSPS) is 13.6. The Labute approximate surface area is 136 Å². The molecule has 0 saturated heterocycles. The second kappa shape index (κ2) is 8.18. The van der Waals surface area contributed by atoms with Crippen molar-refractivity contribution < 1.29 is 9.84 Å². The van der Waals surface area contributed by atoms with Gasteiger partial charge in [0.1, 0.15) is 18.5 Å². The molecule has 118 valence electrons. The lowest BCUT2D eigenvalue weighted by molar-refractivity contribution is 0.104. The Morgan fingerprint density at radius 2 is 1.91 bits per heavy atom. The molecule has 0 aliphatic carbocycles. The van der Waals surface area contributed by atoms with Gasteiger partial charge in [-0.05, 0) is 43.2 Å². The Balaban J connectivity index is 1.77. The van der Waals surface area contributed by atoms with Crippen molar-refractivity contribution >= 4 is 11.6 Å². The molecule has 4 heteroatoms. The van der Waals surface area contributed by atoms with E-state index in [-0.39, 0.29) is 12.6 Å². The highest BCUT2D eigenvalue weighted by Gasteiger charge is 2.10. The molecule has 22 heavy (non-hydrogen) atoms. The third-order valence-electron chi connectivity index (χ3n) is 3.53. The summed E-state index contributed by atoms with van der Waals surface area (Å²) in [5.74, 6) is 0.750. The summed E-state index contributed by atoms with van der Waals surface area (Å²) in [7, 11) is 0. The second-order valence-corrected chi connectivity index (χ2v) is 5.85. The molecule has 3 nitrogen and oxygen atoms in total. The molecule has 0 aliphatic rings. The van der Waals surface area contributed by atoms with E-state index in [0.29, 0.717) is 11.6 Å². The molecule has 0 saturated carbocycles. The maximum atomic E-state index is 10.0. The number of ether oxygens (including phenoxy) is 1. The van der Waals surface area contributed by atoms with Gasteiger partial charge in [-0.2, -0.15) is 0 Å². The van der Waals surface area contributed by atoms with Crippen molar-refractivity contribution in [1.82, 2.24) is 5.32 Å². The Morgan fingerprint density at radius 1 is 1.18 bits per heavy atom. The van der Waals surface area contributed by atoms with Crippen LogP contribution >= 0.6 is 11.6 Å². The minimum atomic E-state index is -0.568. The lowest BCUT2D eigenvalue weighted by Gasteiger charge is -2.18. The molecule has 0 bridgehead atoms. The molecule has 2 atom stereocenters. The molecule has 2 rings (SSSR count). The smallest absolute Gasteiger partial charge is 0.122 e. The number of rotatable bonds is 7. The van der Waals surface area contributed by atoms with Crippen LogP contribution in [0.25, 0.3) is 0 Å². The maximum absolute atomic E-state index is 10.0. The fourth-order valence-electron chi connectivity index (χ4n) is 2.19. The lowest BCUT2D eigenvalue weighted by atomic mass is 10.1. The highest BCUT2D eigenvalue weighted by atomic mass is 35.5. The SMILES string of the molecule is Cc1cc(Cl)ccc1OC[C@@H](O)CN[C@@H](C)c1ccccc1. The van der Waals surface area contributed by atoms with E-state index in [1.807, 2.05) is 37.3 Å². The van der Waals surface area contributed by atoms with Gasteiger partial charge in [0, 0.05) is 17.6 Å².